The van der Waals surface area contributed by atoms with E-state index < -0.39 is 30.8 Å². The number of nitrogens with two attached hydrogens (primary N) is 2. The van der Waals surface area contributed by atoms with Crippen LogP contribution in [0.4, 0.5) is 0 Å². The Morgan fingerprint density at radius 2 is 1.92 bits per heavy atom. The summed E-state index contributed by atoms with van der Waals surface area (Å²) in [6, 6.07) is 0. The first-order chi connectivity index (χ1) is 5.45. The second-order valence-electron chi connectivity index (χ2n) is 2.05. The molecule has 0 saturated carbocycles. The van der Waals surface area contributed by atoms with Crippen molar-refractivity contribution in [1.82, 2.24) is 0 Å². The first kappa shape index (κ1) is 10.8. The summed E-state index contributed by atoms with van der Waals surface area (Å²) in [7, 11) is 0. The predicted octanol–water partition coefficient (Wildman–Crippen LogP) is -2.78. The summed E-state index contributed by atoms with van der Waals surface area (Å²) in [6.45, 7) is -0.525. The minimum absolute atomic E-state index is 0.525. The van der Waals surface area contributed by atoms with Crippen molar-refractivity contribution in [2.45, 2.75) is 12.3 Å². The van der Waals surface area contributed by atoms with E-state index in [2.05, 4.69) is 4.74 Å². The van der Waals surface area contributed by atoms with Gasteiger partial charge in [-0.15, -0.1) is 0 Å². The molecular weight excluding hydrogens is 168 g/mol. The van der Waals surface area contributed by atoms with Crippen molar-refractivity contribution in [2.24, 2.45) is 11.5 Å². The van der Waals surface area contributed by atoms with E-state index in [1.807, 2.05) is 0 Å². The molecule has 1 unspecified atom stereocenters. The van der Waals surface area contributed by atoms with E-state index >= 15 is 0 Å². The second-order valence-corrected chi connectivity index (χ2v) is 2.05. The van der Waals surface area contributed by atoms with Crippen molar-refractivity contribution in [2.75, 3.05) is 6.61 Å². The monoisotopic (exact) mass is 178 g/mol. The number of carboxylic acids is 1. The average molecular weight is 178 g/mol. The molecule has 0 saturated heterocycles. The average Bonchev–Trinajstić information content (AvgIpc) is 1.98. The Labute approximate surface area is 67.9 Å². The standard InChI is InChI=1S/C5H10N2O5/c6-3(7)2(8)1-12-5(11)4(9)10/h2-3,8H,1,6-7H2,(H,9,10). The fourth-order valence-electron chi connectivity index (χ4n) is 0.334. The molecule has 0 rings (SSSR count). The zero-order valence-corrected chi connectivity index (χ0v) is 6.14. The molecule has 0 fully saturated rings. The van der Waals surface area contributed by atoms with Gasteiger partial charge in [-0.25, -0.2) is 9.59 Å². The van der Waals surface area contributed by atoms with Crippen molar-refractivity contribution >= 4 is 11.9 Å². The van der Waals surface area contributed by atoms with Crippen molar-refractivity contribution in [3.05, 3.63) is 0 Å². The molecule has 7 heteroatoms. The molecule has 0 aliphatic heterocycles. The SMILES string of the molecule is NC(N)C(O)COC(=O)C(=O)O. The van der Waals surface area contributed by atoms with Crippen LogP contribution in [0.1, 0.15) is 0 Å². The second kappa shape index (κ2) is 4.65. The maximum absolute atomic E-state index is 10.3. The topological polar surface area (TPSA) is 136 Å². The maximum atomic E-state index is 10.3. The van der Waals surface area contributed by atoms with Gasteiger partial charge in [-0.2, -0.15) is 0 Å². The van der Waals surface area contributed by atoms with Crippen molar-refractivity contribution in [1.29, 1.82) is 0 Å². The Bertz CT molecular complexity index is 181. The lowest BCUT2D eigenvalue weighted by atomic mass is 10.3. The molecule has 0 radical (unpaired) electrons. The summed E-state index contributed by atoms with van der Waals surface area (Å²) < 4.78 is 4.08. The van der Waals surface area contributed by atoms with Crippen LogP contribution in [0.5, 0.6) is 0 Å². The van der Waals surface area contributed by atoms with E-state index in [1.165, 1.54) is 0 Å². The molecule has 0 aliphatic carbocycles. The summed E-state index contributed by atoms with van der Waals surface area (Å²) in [5, 5.41) is 16.9. The Kier molecular flexibility index (Phi) is 4.19. The number of carbonyl (C=O) groups excluding carboxylic acids is 1. The highest BCUT2D eigenvalue weighted by atomic mass is 16.6. The largest absolute Gasteiger partial charge is 0.473 e. The van der Waals surface area contributed by atoms with E-state index in [9.17, 15) is 9.59 Å². The van der Waals surface area contributed by atoms with Crippen LogP contribution in [0.3, 0.4) is 0 Å². The Morgan fingerprint density at radius 3 is 2.25 bits per heavy atom. The Balaban J connectivity index is 3.69. The molecule has 0 heterocycles. The summed E-state index contributed by atoms with van der Waals surface area (Å²) in [5.74, 6) is -3.18. The maximum Gasteiger partial charge on any atom is 0.417 e. The van der Waals surface area contributed by atoms with E-state index in [-0.39, 0.29) is 0 Å². The molecule has 1 atom stereocenters. The Hall–Kier alpha value is -1.18. The van der Waals surface area contributed by atoms with E-state index in [0.717, 1.165) is 0 Å². The molecule has 0 amide bonds. The minimum Gasteiger partial charge on any atom is -0.473 e. The zero-order chi connectivity index (χ0) is 9.72. The van der Waals surface area contributed by atoms with Crippen molar-refractivity contribution in [3.8, 4) is 0 Å². The van der Waals surface area contributed by atoms with Gasteiger partial charge in [0, 0.05) is 0 Å². The Morgan fingerprint density at radius 1 is 1.42 bits per heavy atom. The van der Waals surface area contributed by atoms with E-state index in [1.54, 1.807) is 0 Å². The van der Waals surface area contributed by atoms with E-state index in [4.69, 9.17) is 21.7 Å². The molecule has 0 aromatic carbocycles. The van der Waals surface area contributed by atoms with Crippen molar-refractivity contribution < 1.29 is 24.5 Å². The van der Waals surface area contributed by atoms with Crippen LogP contribution in [0, 0.1) is 0 Å². The molecule has 0 aliphatic rings. The molecule has 7 nitrogen and oxygen atoms in total. The lowest BCUT2D eigenvalue weighted by Crippen LogP contribution is -2.45. The highest BCUT2D eigenvalue weighted by molar-refractivity contribution is 6.28. The number of aliphatic hydroxyl groups excluding tert-OH is 1. The lowest BCUT2D eigenvalue weighted by molar-refractivity contribution is -0.165. The first-order valence-corrected chi connectivity index (χ1v) is 3.04. The number of ether oxygens (including phenoxy) is 1. The van der Waals surface area contributed by atoms with Crippen LogP contribution in [0.25, 0.3) is 0 Å². The number of aliphatic hydroxyl groups is 1. The zero-order valence-electron chi connectivity index (χ0n) is 6.14. The van der Waals surface area contributed by atoms with Crippen molar-refractivity contribution in [3.63, 3.8) is 0 Å². The molecular formula is C5H10N2O5. The van der Waals surface area contributed by atoms with Gasteiger partial charge in [-0.05, 0) is 0 Å². The minimum atomic E-state index is -1.73. The third kappa shape index (κ3) is 3.86. The summed E-state index contributed by atoms with van der Waals surface area (Å²) in [4.78, 5) is 20.1. The van der Waals surface area contributed by atoms with Gasteiger partial charge in [0.15, 0.2) is 0 Å². The molecule has 0 bridgehead atoms. The molecule has 70 valence electrons. The van der Waals surface area contributed by atoms with Gasteiger partial charge < -0.3 is 26.4 Å². The fraction of sp³-hybridized carbons (Fsp3) is 0.600. The smallest absolute Gasteiger partial charge is 0.417 e. The summed E-state index contributed by atoms with van der Waals surface area (Å²) in [5.41, 5.74) is 9.97. The van der Waals surface area contributed by atoms with Gasteiger partial charge in [0.05, 0.1) is 6.17 Å². The first-order valence-electron chi connectivity index (χ1n) is 3.04. The number of aliphatic carboxylic acids is 1. The van der Waals surface area contributed by atoms with Gasteiger partial charge in [0.25, 0.3) is 0 Å². The molecule has 0 aromatic rings. The highest BCUT2D eigenvalue weighted by Gasteiger charge is 2.17. The van der Waals surface area contributed by atoms with Gasteiger partial charge in [-0.1, -0.05) is 0 Å². The quantitative estimate of drug-likeness (QED) is 0.208. The van der Waals surface area contributed by atoms with Crippen LogP contribution in [-0.2, 0) is 14.3 Å². The highest BCUT2D eigenvalue weighted by Crippen LogP contribution is 1.87. The van der Waals surface area contributed by atoms with E-state index in [0.29, 0.717) is 0 Å². The van der Waals surface area contributed by atoms with Gasteiger partial charge in [0.2, 0.25) is 0 Å². The lowest BCUT2D eigenvalue weighted by Gasteiger charge is -2.12. The van der Waals surface area contributed by atoms with Gasteiger partial charge in [0.1, 0.15) is 12.7 Å². The number of hydrogen-bond donors (Lipinski definition) is 4. The van der Waals surface area contributed by atoms with Crippen LogP contribution in [0.15, 0.2) is 0 Å². The normalized spacial score (nSPS) is 12.7. The van der Waals surface area contributed by atoms with Crippen LogP contribution >= 0.6 is 0 Å². The number of esters is 1. The number of carboxylic acid groups (broad SMARTS) is 1. The molecule has 0 aromatic heterocycles. The third-order valence-electron chi connectivity index (χ3n) is 1.00. The molecule has 6 N–H and O–H groups in total. The fourth-order valence-corrected chi connectivity index (χ4v) is 0.334. The number of rotatable bonds is 3. The third-order valence-corrected chi connectivity index (χ3v) is 1.00. The van der Waals surface area contributed by atoms with Crippen LogP contribution in [-0.4, -0.2) is 41.0 Å². The van der Waals surface area contributed by atoms with Crippen LogP contribution < -0.4 is 11.5 Å². The van der Waals surface area contributed by atoms with Gasteiger partial charge in [-0.3, -0.25) is 0 Å². The van der Waals surface area contributed by atoms with Gasteiger partial charge >= 0.3 is 11.9 Å². The predicted molar refractivity (Wildman–Crippen MR) is 36.8 cm³/mol. The summed E-state index contributed by atoms with van der Waals surface area (Å²) in [6.07, 6.45) is -2.32. The number of hydrogen-bond acceptors (Lipinski definition) is 6. The molecule has 12 heavy (non-hydrogen) atoms. The number of carbonyl (C=O) groups is 2. The summed E-state index contributed by atoms with van der Waals surface area (Å²) >= 11 is 0. The molecule has 0 spiro atoms. The van der Waals surface area contributed by atoms with Crippen LogP contribution in [0.2, 0.25) is 0 Å².